The minimum Gasteiger partial charge on any atom is -0.441 e. The number of rotatable bonds is 6. The number of hydrogen-bond acceptors (Lipinski definition) is 10. The van der Waals surface area contributed by atoms with Gasteiger partial charge in [0.2, 0.25) is 0 Å². The van der Waals surface area contributed by atoms with Crippen LogP contribution in [0, 0.1) is 17.5 Å². The van der Waals surface area contributed by atoms with Crippen molar-refractivity contribution in [2.24, 2.45) is 0 Å². The molecule has 0 aliphatic carbocycles. The lowest BCUT2D eigenvalue weighted by molar-refractivity contribution is 0.0768. The number of anilines is 1. The first-order chi connectivity index (χ1) is 15.1. The summed E-state index contributed by atoms with van der Waals surface area (Å²) in [5.74, 6) is -3.99. The number of aromatic nitrogens is 5. The average Bonchev–Trinajstić information content (AvgIpc) is 3.39. The molecule has 0 spiro atoms. The highest BCUT2D eigenvalue weighted by Crippen LogP contribution is 2.46. The van der Waals surface area contributed by atoms with E-state index in [1.54, 1.807) is 0 Å². The predicted octanol–water partition coefficient (Wildman–Crippen LogP) is 1.14. The molecule has 12 nitrogen and oxygen atoms in total. The Labute approximate surface area is 177 Å². The first-order valence-corrected chi connectivity index (χ1v) is 10.3. The van der Waals surface area contributed by atoms with Gasteiger partial charge in [-0.25, -0.2) is 22.9 Å². The van der Waals surface area contributed by atoms with Crippen molar-refractivity contribution in [2.45, 2.75) is 6.10 Å². The van der Waals surface area contributed by atoms with E-state index in [-0.39, 0.29) is 11.4 Å². The molecule has 1 amide bonds. The molecule has 16 heteroatoms. The summed E-state index contributed by atoms with van der Waals surface area (Å²) in [6.07, 6.45) is 0.0632. The summed E-state index contributed by atoms with van der Waals surface area (Å²) in [4.78, 5) is 43.1. The van der Waals surface area contributed by atoms with Gasteiger partial charge in [-0.3, -0.25) is 4.90 Å². The fraction of sp³-hybridized carbons (Fsp3) is 0.188. The molecule has 3 N–H and O–H groups in total. The molecule has 1 aliphatic rings. The lowest BCUT2D eigenvalue weighted by Gasteiger charge is -2.16. The molecule has 32 heavy (non-hydrogen) atoms. The maximum atomic E-state index is 14.8. The molecular weight excluding hydrogens is 460 g/mol. The molecule has 1 fully saturated rings. The van der Waals surface area contributed by atoms with Crippen molar-refractivity contribution in [2.75, 3.05) is 18.1 Å². The molecule has 1 atom stereocenters. The van der Waals surface area contributed by atoms with E-state index in [1.807, 2.05) is 0 Å². The molecule has 1 aliphatic heterocycles. The standard InChI is InChI=1S/C16H13F3N6O6P/c17-10-3-11(24-5-9(31-16(24)26)6-30-32(27,28)29)14(18)15(19)13(10)8-1-2-12(20-4-8)25-7-21-22-23-25/h1-4,7,9,27-29H,5-6H2/q+1/t9-/m1/s1. The number of tetrazole rings is 1. The zero-order chi connectivity index (χ0) is 23.0. The number of halogens is 3. The zero-order valence-electron chi connectivity index (χ0n) is 15.7. The molecule has 168 valence electrons. The minimum atomic E-state index is -4.59. The summed E-state index contributed by atoms with van der Waals surface area (Å²) in [6.45, 7) is -1.06. The molecule has 3 heterocycles. The number of pyridine rings is 1. The predicted molar refractivity (Wildman–Crippen MR) is 99.4 cm³/mol. The Balaban J connectivity index is 1.60. The van der Waals surface area contributed by atoms with Crippen molar-refractivity contribution >= 4 is 20.0 Å². The highest BCUT2D eigenvalue weighted by Gasteiger charge is 2.40. The second-order valence-electron chi connectivity index (χ2n) is 6.47. The summed E-state index contributed by atoms with van der Waals surface area (Å²) >= 11 is 0. The van der Waals surface area contributed by atoms with Crippen LogP contribution in [0.1, 0.15) is 0 Å². The fourth-order valence-electron chi connectivity index (χ4n) is 2.97. The maximum absolute atomic E-state index is 14.8. The highest BCUT2D eigenvalue weighted by molar-refractivity contribution is 7.53. The molecule has 1 saturated heterocycles. The van der Waals surface area contributed by atoms with Crippen LogP contribution in [0.15, 0.2) is 30.7 Å². The van der Waals surface area contributed by atoms with Crippen LogP contribution in [-0.2, 0) is 9.26 Å². The monoisotopic (exact) mass is 473 g/mol. The van der Waals surface area contributed by atoms with Crippen molar-refractivity contribution in [3.05, 3.63) is 48.2 Å². The highest BCUT2D eigenvalue weighted by atomic mass is 31.2. The second-order valence-corrected chi connectivity index (χ2v) is 7.75. The van der Waals surface area contributed by atoms with E-state index in [0.29, 0.717) is 11.0 Å². The third kappa shape index (κ3) is 4.37. The Morgan fingerprint density at radius 3 is 2.62 bits per heavy atom. The van der Waals surface area contributed by atoms with Gasteiger partial charge in [0.25, 0.3) is 0 Å². The molecule has 2 aromatic heterocycles. The van der Waals surface area contributed by atoms with Crippen LogP contribution in [0.5, 0.6) is 0 Å². The maximum Gasteiger partial charge on any atom is 0.567 e. The summed E-state index contributed by atoms with van der Waals surface area (Å²) in [6, 6.07) is 3.27. The summed E-state index contributed by atoms with van der Waals surface area (Å²) in [7, 11) is -4.59. The van der Waals surface area contributed by atoms with Gasteiger partial charge < -0.3 is 4.74 Å². The van der Waals surface area contributed by atoms with E-state index in [4.69, 9.17) is 19.4 Å². The summed E-state index contributed by atoms with van der Waals surface area (Å²) in [5.41, 5.74) is -1.51. The molecule has 3 aromatic rings. The fourth-order valence-corrected chi connectivity index (χ4v) is 3.33. The van der Waals surface area contributed by atoms with Gasteiger partial charge in [-0.15, -0.1) is 9.62 Å². The van der Waals surface area contributed by atoms with Crippen molar-refractivity contribution in [3.8, 4) is 16.9 Å². The number of cyclic esters (lactones) is 1. The second kappa shape index (κ2) is 8.37. The normalized spacial score (nSPS) is 16.5. The van der Waals surface area contributed by atoms with Crippen LogP contribution in [0.4, 0.5) is 23.7 Å². The van der Waals surface area contributed by atoms with Gasteiger partial charge in [0.15, 0.2) is 17.5 Å². The van der Waals surface area contributed by atoms with Gasteiger partial charge in [0.05, 0.1) is 17.8 Å². The lowest BCUT2D eigenvalue weighted by Crippen LogP contribution is -2.27. The number of amides is 1. The van der Waals surface area contributed by atoms with E-state index in [1.165, 1.54) is 23.1 Å². The Morgan fingerprint density at radius 1 is 1.22 bits per heavy atom. The SMILES string of the molecule is O=C1O[C@@H](CO[P+](O)(O)O)CN1c1cc(F)c(-c2ccc(-n3cnnn3)nc2)c(F)c1F. The first-order valence-electron chi connectivity index (χ1n) is 8.71. The van der Waals surface area contributed by atoms with Crippen LogP contribution in [-0.4, -0.2) is 65.2 Å². The van der Waals surface area contributed by atoms with Crippen molar-refractivity contribution < 1.29 is 41.9 Å². The molecule has 0 unspecified atom stereocenters. The third-order valence-corrected chi connectivity index (χ3v) is 4.85. The summed E-state index contributed by atoms with van der Waals surface area (Å²) in [5, 5.41) is 10.5. The third-order valence-electron chi connectivity index (χ3n) is 4.36. The Kier molecular flexibility index (Phi) is 5.75. The molecule has 0 saturated carbocycles. The Bertz CT molecular complexity index is 1140. The Hall–Kier alpha value is -3.23. The number of carbonyl (C=O) groups excluding carboxylic acids is 1. The first kappa shape index (κ1) is 22.0. The van der Waals surface area contributed by atoms with Crippen molar-refractivity contribution in [1.82, 2.24) is 25.2 Å². The molecule has 0 radical (unpaired) electrons. The number of carbonyl (C=O) groups is 1. The quantitative estimate of drug-likeness (QED) is 0.350. The summed E-state index contributed by atoms with van der Waals surface area (Å²) < 4.78 is 54.7. The zero-order valence-corrected chi connectivity index (χ0v) is 16.6. The van der Waals surface area contributed by atoms with Gasteiger partial charge in [-0.2, -0.15) is 19.4 Å². The van der Waals surface area contributed by atoms with Gasteiger partial charge in [0.1, 0.15) is 24.9 Å². The van der Waals surface area contributed by atoms with Crippen molar-refractivity contribution in [3.63, 3.8) is 0 Å². The lowest BCUT2D eigenvalue weighted by atomic mass is 10.0. The van der Waals surface area contributed by atoms with Crippen LogP contribution < -0.4 is 4.90 Å². The van der Waals surface area contributed by atoms with Gasteiger partial charge in [-0.05, 0) is 22.6 Å². The van der Waals surface area contributed by atoms with Crippen LogP contribution in [0.2, 0.25) is 0 Å². The van der Waals surface area contributed by atoms with E-state index < -0.39 is 62.2 Å². The van der Waals surface area contributed by atoms with Crippen LogP contribution in [0.3, 0.4) is 0 Å². The van der Waals surface area contributed by atoms with E-state index >= 15 is 0 Å². The number of benzene rings is 1. The number of hydrogen-bond donors (Lipinski definition) is 3. The van der Waals surface area contributed by atoms with Gasteiger partial charge in [-0.1, -0.05) is 0 Å². The molecule has 1 aromatic carbocycles. The molecule has 0 bridgehead atoms. The smallest absolute Gasteiger partial charge is 0.441 e. The largest absolute Gasteiger partial charge is 0.567 e. The topological polar surface area (TPSA) is 156 Å². The number of ether oxygens (including phenoxy) is 1. The van der Waals surface area contributed by atoms with Gasteiger partial charge in [0, 0.05) is 17.8 Å². The van der Waals surface area contributed by atoms with Gasteiger partial charge >= 0.3 is 14.3 Å². The van der Waals surface area contributed by atoms with E-state index in [2.05, 4.69) is 25.0 Å². The average molecular weight is 473 g/mol. The van der Waals surface area contributed by atoms with Crippen LogP contribution in [0.25, 0.3) is 16.9 Å². The van der Waals surface area contributed by atoms with E-state index in [9.17, 15) is 18.0 Å². The minimum absolute atomic E-state index is 0.0771. The number of nitrogens with zero attached hydrogens (tertiary/aromatic N) is 6. The molecular formula is C16H13F3N6O6P+. The molecule has 4 rings (SSSR count). The van der Waals surface area contributed by atoms with Crippen LogP contribution >= 0.6 is 8.17 Å². The van der Waals surface area contributed by atoms with E-state index in [0.717, 1.165) is 6.20 Å². The van der Waals surface area contributed by atoms with Crippen molar-refractivity contribution in [1.29, 1.82) is 0 Å². The Morgan fingerprint density at radius 2 is 2.00 bits per heavy atom.